The molecule has 132 valence electrons. The lowest BCUT2D eigenvalue weighted by atomic mass is 9.93. The molecule has 1 heterocycles. The summed E-state index contributed by atoms with van der Waals surface area (Å²) in [6, 6.07) is 10.0. The Morgan fingerprint density at radius 2 is 2.00 bits per heavy atom. The molecular formula is C22H22N2O2. The number of fused-ring (bicyclic) bond motifs is 1. The van der Waals surface area contributed by atoms with Crippen molar-refractivity contribution in [2.45, 2.75) is 12.8 Å². The van der Waals surface area contributed by atoms with Crippen molar-refractivity contribution >= 4 is 22.2 Å². The zero-order valence-corrected chi connectivity index (χ0v) is 15.1. The van der Waals surface area contributed by atoms with E-state index in [-0.39, 0.29) is 0 Å². The Morgan fingerprint density at radius 3 is 2.65 bits per heavy atom. The molecule has 0 saturated carbocycles. The molecule has 2 aromatic rings. The number of para-hydroxylation sites is 1. The van der Waals surface area contributed by atoms with Crippen LogP contribution in [0.4, 0.5) is 0 Å². The second-order valence-corrected chi connectivity index (χ2v) is 5.97. The average Bonchev–Trinajstić information content (AvgIpc) is 2.71. The molecule has 1 aromatic heterocycles. The van der Waals surface area contributed by atoms with Crippen molar-refractivity contribution in [1.82, 2.24) is 4.98 Å². The maximum Gasteiger partial charge on any atom is 0.120 e. The summed E-state index contributed by atoms with van der Waals surface area (Å²) in [6.07, 6.45) is 9.09. The van der Waals surface area contributed by atoms with Crippen LogP contribution in [0.3, 0.4) is 0 Å². The predicted octanol–water partition coefficient (Wildman–Crippen LogP) is 5.03. The predicted molar refractivity (Wildman–Crippen MR) is 106 cm³/mol. The Labute approximate surface area is 153 Å². The summed E-state index contributed by atoms with van der Waals surface area (Å²) in [7, 11) is 3.26. The fourth-order valence-electron chi connectivity index (χ4n) is 3.01. The van der Waals surface area contributed by atoms with Crippen LogP contribution in [-0.2, 0) is 9.47 Å². The third kappa shape index (κ3) is 3.59. The summed E-state index contributed by atoms with van der Waals surface area (Å²) in [5.41, 5.74) is 4.10. The molecule has 1 aliphatic carbocycles. The summed E-state index contributed by atoms with van der Waals surface area (Å²) < 4.78 is 10.5. The third-order valence-electron chi connectivity index (χ3n) is 4.43. The van der Waals surface area contributed by atoms with Gasteiger partial charge >= 0.3 is 0 Å². The van der Waals surface area contributed by atoms with Gasteiger partial charge in [-0.3, -0.25) is 5.41 Å². The molecule has 0 spiro atoms. The van der Waals surface area contributed by atoms with Gasteiger partial charge in [0.15, 0.2) is 0 Å². The Balaban J connectivity index is 2.12. The topological polar surface area (TPSA) is 55.2 Å². The highest BCUT2D eigenvalue weighted by Crippen LogP contribution is 2.32. The molecule has 0 bridgehead atoms. The number of pyridine rings is 1. The van der Waals surface area contributed by atoms with Crippen LogP contribution in [-0.4, -0.2) is 24.9 Å². The van der Waals surface area contributed by atoms with Crippen molar-refractivity contribution in [2.24, 2.45) is 0 Å². The molecule has 1 N–H and O–H groups in total. The van der Waals surface area contributed by atoms with Crippen molar-refractivity contribution in [3.63, 3.8) is 0 Å². The first-order valence-electron chi connectivity index (χ1n) is 8.47. The lowest BCUT2D eigenvalue weighted by Crippen LogP contribution is -2.04. The van der Waals surface area contributed by atoms with Crippen LogP contribution in [0.5, 0.6) is 0 Å². The van der Waals surface area contributed by atoms with Gasteiger partial charge in [0.2, 0.25) is 0 Å². The Bertz CT molecular complexity index is 952. The lowest BCUT2D eigenvalue weighted by molar-refractivity contribution is 0.277. The van der Waals surface area contributed by atoms with Gasteiger partial charge in [-0.25, -0.2) is 4.98 Å². The number of hydrogen-bond acceptors (Lipinski definition) is 4. The number of hydrogen-bond donors (Lipinski definition) is 1. The monoisotopic (exact) mass is 346 g/mol. The highest BCUT2D eigenvalue weighted by Gasteiger charge is 2.14. The van der Waals surface area contributed by atoms with E-state index >= 15 is 0 Å². The highest BCUT2D eigenvalue weighted by molar-refractivity contribution is 6.08. The molecule has 4 nitrogen and oxygen atoms in total. The number of benzene rings is 1. The van der Waals surface area contributed by atoms with Gasteiger partial charge in [-0.1, -0.05) is 30.9 Å². The van der Waals surface area contributed by atoms with Gasteiger partial charge in [0.05, 0.1) is 36.9 Å². The summed E-state index contributed by atoms with van der Waals surface area (Å²) in [6.45, 7) is 3.70. The van der Waals surface area contributed by atoms with Gasteiger partial charge in [-0.2, -0.15) is 0 Å². The van der Waals surface area contributed by atoms with E-state index in [0.29, 0.717) is 17.2 Å². The Hall–Kier alpha value is -3.14. The van der Waals surface area contributed by atoms with Crippen molar-refractivity contribution in [3.05, 3.63) is 84.0 Å². The molecule has 26 heavy (non-hydrogen) atoms. The van der Waals surface area contributed by atoms with E-state index in [0.717, 1.165) is 35.1 Å². The molecule has 1 aliphatic rings. The van der Waals surface area contributed by atoms with E-state index in [1.54, 1.807) is 26.4 Å². The largest absolute Gasteiger partial charge is 0.501 e. The van der Waals surface area contributed by atoms with E-state index < -0.39 is 0 Å². The van der Waals surface area contributed by atoms with Crippen LogP contribution in [0, 0.1) is 5.41 Å². The molecule has 0 saturated heterocycles. The molecule has 0 aliphatic heterocycles. The maximum atomic E-state index is 8.40. The molecule has 0 radical (unpaired) electrons. The standard InChI is InChI=1S/C22H22N2O2/c1-4-16(25-2)13-20(23)22-14-19(15-9-11-17(26-3)12-10-15)18-7-5-6-8-21(18)24-22/h4-9,11,13-14,23H,1,10,12H2,2-3H3/b16-13+,23-20?. The first-order valence-corrected chi connectivity index (χ1v) is 8.47. The number of ether oxygens (including phenoxy) is 2. The molecule has 0 fully saturated rings. The molecule has 0 unspecified atom stereocenters. The first-order chi connectivity index (χ1) is 12.7. The van der Waals surface area contributed by atoms with Gasteiger partial charge in [0.25, 0.3) is 0 Å². The molecular weight excluding hydrogens is 324 g/mol. The van der Waals surface area contributed by atoms with Gasteiger partial charge in [0.1, 0.15) is 5.76 Å². The van der Waals surface area contributed by atoms with Crippen molar-refractivity contribution in [2.75, 3.05) is 14.2 Å². The highest BCUT2D eigenvalue weighted by atomic mass is 16.5. The van der Waals surface area contributed by atoms with Crippen LogP contribution in [0.25, 0.3) is 16.5 Å². The minimum Gasteiger partial charge on any atom is -0.501 e. The van der Waals surface area contributed by atoms with Crippen LogP contribution in [0.1, 0.15) is 24.1 Å². The molecule has 4 heteroatoms. The van der Waals surface area contributed by atoms with E-state index in [1.807, 2.05) is 30.3 Å². The van der Waals surface area contributed by atoms with Crippen LogP contribution >= 0.6 is 0 Å². The number of nitrogens with one attached hydrogen (secondary N) is 1. The van der Waals surface area contributed by atoms with E-state index in [4.69, 9.17) is 14.9 Å². The first kappa shape index (κ1) is 17.7. The fraction of sp³-hybridized carbons (Fsp3) is 0.182. The van der Waals surface area contributed by atoms with Gasteiger partial charge < -0.3 is 9.47 Å². The minimum absolute atomic E-state index is 0.290. The summed E-state index contributed by atoms with van der Waals surface area (Å²) in [5, 5.41) is 9.48. The van der Waals surface area contributed by atoms with Crippen LogP contribution in [0.15, 0.2) is 72.7 Å². The summed E-state index contributed by atoms with van der Waals surface area (Å²) >= 11 is 0. The average molecular weight is 346 g/mol. The van der Waals surface area contributed by atoms with Crippen LogP contribution < -0.4 is 0 Å². The normalized spacial score (nSPS) is 14.5. The Morgan fingerprint density at radius 1 is 1.19 bits per heavy atom. The molecule has 3 rings (SSSR count). The Kier molecular flexibility index (Phi) is 5.32. The lowest BCUT2D eigenvalue weighted by Gasteiger charge is -2.16. The van der Waals surface area contributed by atoms with E-state index in [9.17, 15) is 0 Å². The van der Waals surface area contributed by atoms with Crippen molar-refractivity contribution in [1.29, 1.82) is 5.41 Å². The van der Waals surface area contributed by atoms with Crippen molar-refractivity contribution < 1.29 is 9.47 Å². The fourth-order valence-corrected chi connectivity index (χ4v) is 3.01. The molecule has 1 aromatic carbocycles. The molecule has 0 atom stereocenters. The zero-order valence-electron chi connectivity index (χ0n) is 15.1. The van der Waals surface area contributed by atoms with E-state index in [2.05, 4.69) is 23.7 Å². The number of nitrogens with zero attached hydrogens (tertiary/aromatic N) is 1. The van der Waals surface area contributed by atoms with Gasteiger partial charge in [-0.15, -0.1) is 0 Å². The second kappa shape index (κ2) is 7.83. The van der Waals surface area contributed by atoms with Crippen LogP contribution in [0.2, 0.25) is 0 Å². The minimum atomic E-state index is 0.290. The van der Waals surface area contributed by atoms with Gasteiger partial charge in [0, 0.05) is 17.9 Å². The molecule has 0 amide bonds. The van der Waals surface area contributed by atoms with Crippen molar-refractivity contribution in [3.8, 4) is 0 Å². The van der Waals surface area contributed by atoms with Gasteiger partial charge in [-0.05, 0) is 41.8 Å². The van der Waals surface area contributed by atoms with E-state index in [1.165, 1.54) is 5.57 Å². The third-order valence-corrected chi connectivity index (χ3v) is 4.43. The summed E-state index contributed by atoms with van der Waals surface area (Å²) in [5.74, 6) is 1.52. The second-order valence-electron chi connectivity index (χ2n) is 5.97. The smallest absolute Gasteiger partial charge is 0.120 e. The number of rotatable bonds is 6. The maximum absolute atomic E-state index is 8.40. The zero-order chi connectivity index (χ0) is 18.5. The number of methoxy groups -OCH3 is 2. The number of allylic oxidation sites excluding steroid dienone is 6. The summed E-state index contributed by atoms with van der Waals surface area (Å²) in [4.78, 5) is 4.66. The number of aromatic nitrogens is 1. The SMILES string of the molecule is C=C/C(=C\C(=N)c1cc(C2=CC=C(OC)CC2)c2ccccc2n1)OC. The quantitative estimate of drug-likeness (QED) is 0.453.